The summed E-state index contributed by atoms with van der Waals surface area (Å²) in [6, 6.07) is 14.4. The van der Waals surface area contributed by atoms with Crippen LogP contribution in [0.4, 0.5) is 5.13 Å². The van der Waals surface area contributed by atoms with E-state index in [-0.39, 0.29) is 12.5 Å². The number of thiazole rings is 1. The van der Waals surface area contributed by atoms with Gasteiger partial charge in [0.2, 0.25) is 0 Å². The normalized spacial score (nSPS) is 10.8. The molecule has 2 heterocycles. The zero-order valence-electron chi connectivity index (χ0n) is 17.5. The molecule has 4 rings (SSSR count). The van der Waals surface area contributed by atoms with Crippen molar-refractivity contribution in [2.45, 2.75) is 13.5 Å². The Morgan fingerprint density at radius 3 is 2.48 bits per heavy atom. The minimum absolute atomic E-state index is 0.238. The Morgan fingerprint density at radius 2 is 1.84 bits per heavy atom. The predicted molar refractivity (Wildman–Crippen MR) is 120 cm³/mol. The van der Waals surface area contributed by atoms with Gasteiger partial charge in [0.1, 0.15) is 23.0 Å². The highest BCUT2D eigenvalue weighted by atomic mass is 32.1. The van der Waals surface area contributed by atoms with Gasteiger partial charge in [0.05, 0.1) is 43.9 Å². The molecule has 0 unspecified atom stereocenters. The molecule has 0 aliphatic carbocycles. The van der Waals surface area contributed by atoms with Crippen molar-refractivity contribution in [3.05, 3.63) is 66.1 Å². The van der Waals surface area contributed by atoms with Crippen LogP contribution in [0.5, 0.6) is 17.2 Å². The molecule has 0 aliphatic rings. The van der Waals surface area contributed by atoms with Crippen LogP contribution in [-0.2, 0) is 6.54 Å². The van der Waals surface area contributed by atoms with E-state index in [1.165, 1.54) is 11.3 Å². The number of fused-ring (bicyclic) bond motifs is 1. The summed E-state index contributed by atoms with van der Waals surface area (Å²) >= 11 is 1.42. The highest BCUT2D eigenvalue weighted by Gasteiger charge is 2.24. The van der Waals surface area contributed by atoms with E-state index in [1.807, 2.05) is 31.2 Å². The third kappa shape index (κ3) is 4.49. The molecular weight excluding hydrogens is 416 g/mol. The maximum Gasteiger partial charge on any atom is 0.260 e. The first-order valence-corrected chi connectivity index (χ1v) is 10.5. The maximum absolute atomic E-state index is 13.6. The molecular formula is C23H22N2O5S. The second kappa shape index (κ2) is 9.09. The Balaban J connectivity index is 1.76. The van der Waals surface area contributed by atoms with Crippen LogP contribution in [0.15, 0.2) is 59.2 Å². The van der Waals surface area contributed by atoms with E-state index in [9.17, 15) is 4.79 Å². The molecule has 8 heteroatoms. The Kier molecular flexibility index (Phi) is 6.08. The number of rotatable bonds is 8. The van der Waals surface area contributed by atoms with Gasteiger partial charge < -0.3 is 18.6 Å². The average molecular weight is 439 g/mol. The molecule has 0 atom stereocenters. The topological polar surface area (TPSA) is 74.0 Å². The van der Waals surface area contributed by atoms with Crippen LogP contribution >= 0.6 is 11.3 Å². The molecule has 0 N–H and O–H groups in total. The van der Waals surface area contributed by atoms with Crippen molar-refractivity contribution < 1.29 is 23.4 Å². The lowest BCUT2D eigenvalue weighted by Crippen LogP contribution is -2.30. The lowest BCUT2D eigenvalue weighted by molar-refractivity contribution is 0.0982. The van der Waals surface area contributed by atoms with Gasteiger partial charge in [0, 0.05) is 11.6 Å². The minimum atomic E-state index is -0.238. The van der Waals surface area contributed by atoms with Gasteiger partial charge in [0.25, 0.3) is 5.91 Å². The summed E-state index contributed by atoms with van der Waals surface area (Å²) in [5.41, 5.74) is 1.22. The van der Waals surface area contributed by atoms with Crippen molar-refractivity contribution in [2.75, 3.05) is 25.7 Å². The van der Waals surface area contributed by atoms with Gasteiger partial charge in [-0.1, -0.05) is 11.3 Å². The van der Waals surface area contributed by atoms with Gasteiger partial charge in [-0.05, 0) is 49.4 Å². The Morgan fingerprint density at radius 1 is 1.06 bits per heavy atom. The van der Waals surface area contributed by atoms with Crippen molar-refractivity contribution in [2.24, 2.45) is 0 Å². The van der Waals surface area contributed by atoms with Crippen LogP contribution in [0, 0.1) is 0 Å². The smallest absolute Gasteiger partial charge is 0.260 e. The summed E-state index contributed by atoms with van der Waals surface area (Å²) in [7, 11) is 3.10. The number of carbonyl (C=O) groups is 1. The summed E-state index contributed by atoms with van der Waals surface area (Å²) in [5, 5.41) is 0.562. The predicted octanol–water partition coefficient (Wildman–Crippen LogP) is 5.15. The average Bonchev–Trinajstić information content (AvgIpc) is 3.46. The van der Waals surface area contributed by atoms with E-state index in [0.717, 1.165) is 16.0 Å². The molecule has 0 saturated carbocycles. The highest BCUT2D eigenvalue weighted by molar-refractivity contribution is 7.22. The molecule has 0 radical (unpaired) electrons. The molecule has 1 amide bonds. The van der Waals surface area contributed by atoms with Crippen LogP contribution in [-0.4, -0.2) is 31.7 Å². The third-order valence-corrected chi connectivity index (χ3v) is 5.67. The fraction of sp³-hybridized carbons (Fsp3) is 0.217. The van der Waals surface area contributed by atoms with Crippen molar-refractivity contribution >= 4 is 32.6 Å². The summed E-state index contributed by atoms with van der Waals surface area (Å²) in [6.07, 6.45) is 1.58. The number of amides is 1. The second-order valence-corrected chi connectivity index (χ2v) is 7.64. The number of carbonyl (C=O) groups excluding carboxylic acids is 1. The maximum atomic E-state index is 13.6. The van der Waals surface area contributed by atoms with E-state index in [4.69, 9.17) is 23.6 Å². The Labute approximate surface area is 183 Å². The summed E-state index contributed by atoms with van der Waals surface area (Å²) in [5.74, 6) is 2.25. The number of ether oxygens (including phenoxy) is 3. The molecule has 4 aromatic rings. The van der Waals surface area contributed by atoms with Crippen molar-refractivity contribution in [1.29, 1.82) is 0 Å². The molecule has 0 spiro atoms. The van der Waals surface area contributed by atoms with E-state index >= 15 is 0 Å². The fourth-order valence-corrected chi connectivity index (χ4v) is 4.13. The SMILES string of the molecule is CCOc1ccc2nc(N(Cc3ccco3)C(=O)c3cc(OC)cc(OC)c3)sc2c1. The number of nitrogens with zero attached hydrogens (tertiary/aromatic N) is 2. The number of hydrogen-bond acceptors (Lipinski definition) is 7. The minimum Gasteiger partial charge on any atom is -0.497 e. The largest absolute Gasteiger partial charge is 0.497 e. The lowest BCUT2D eigenvalue weighted by Gasteiger charge is -2.19. The van der Waals surface area contributed by atoms with Crippen LogP contribution in [0.25, 0.3) is 10.2 Å². The molecule has 7 nitrogen and oxygen atoms in total. The van der Waals surface area contributed by atoms with Gasteiger partial charge in [-0.2, -0.15) is 0 Å². The number of anilines is 1. The second-order valence-electron chi connectivity index (χ2n) is 6.63. The first-order valence-electron chi connectivity index (χ1n) is 9.72. The van der Waals surface area contributed by atoms with Gasteiger partial charge in [-0.25, -0.2) is 4.98 Å². The third-order valence-electron chi connectivity index (χ3n) is 4.63. The van der Waals surface area contributed by atoms with Crippen LogP contribution < -0.4 is 19.1 Å². The highest BCUT2D eigenvalue weighted by Crippen LogP contribution is 2.34. The Bertz CT molecular complexity index is 1160. The number of aromatic nitrogens is 1. The van der Waals surface area contributed by atoms with Gasteiger partial charge in [-0.3, -0.25) is 9.69 Å². The quantitative estimate of drug-likeness (QED) is 0.379. The summed E-state index contributed by atoms with van der Waals surface area (Å²) < 4.78 is 22.7. The van der Waals surface area contributed by atoms with Crippen molar-refractivity contribution in [3.8, 4) is 17.2 Å². The number of furan rings is 1. The van der Waals surface area contributed by atoms with Gasteiger partial charge in [0.15, 0.2) is 5.13 Å². The molecule has 2 aromatic heterocycles. The monoisotopic (exact) mass is 438 g/mol. The molecule has 0 bridgehead atoms. The number of hydrogen-bond donors (Lipinski definition) is 0. The number of methoxy groups -OCH3 is 2. The first-order chi connectivity index (χ1) is 15.1. The lowest BCUT2D eigenvalue weighted by atomic mass is 10.1. The molecule has 2 aromatic carbocycles. The van der Waals surface area contributed by atoms with Gasteiger partial charge in [-0.15, -0.1) is 0 Å². The van der Waals surface area contributed by atoms with Crippen molar-refractivity contribution in [1.82, 2.24) is 4.98 Å². The molecule has 31 heavy (non-hydrogen) atoms. The standard InChI is InChI=1S/C23H22N2O5S/c1-4-29-16-7-8-20-21(13-16)31-23(24-20)25(14-17-6-5-9-30-17)22(26)15-10-18(27-2)12-19(11-15)28-3/h5-13H,4,14H2,1-3H3. The van der Waals surface area contributed by atoms with E-state index in [1.54, 1.807) is 49.6 Å². The van der Waals surface area contributed by atoms with Crippen LogP contribution in [0.2, 0.25) is 0 Å². The molecule has 160 valence electrons. The first kappa shape index (κ1) is 20.7. The van der Waals surface area contributed by atoms with Crippen molar-refractivity contribution in [3.63, 3.8) is 0 Å². The molecule has 0 saturated heterocycles. The van der Waals surface area contributed by atoms with E-state index in [2.05, 4.69) is 0 Å². The molecule has 0 fully saturated rings. The molecule has 0 aliphatic heterocycles. The Hall–Kier alpha value is -3.52. The summed E-state index contributed by atoms with van der Waals surface area (Å²) in [6.45, 7) is 2.76. The zero-order chi connectivity index (χ0) is 21.8. The fourth-order valence-electron chi connectivity index (χ4n) is 3.14. The zero-order valence-corrected chi connectivity index (χ0v) is 18.3. The summed E-state index contributed by atoms with van der Waals surface area (Å²) in [4.78, 5) is 19.9. The van der Waals surface area contributed by atoms with Crippen LogP contribution in [0.1, 0.15) is 23.0 Å². The van der Waals surface area contributed by atoms with Gasteiger partial charge >= 0.3 is 0 Å². The van der Waals surface area contributed by atoms with Crippen LogP contribution in [0.3, 0.4) is 0 Å². The number of benzene rings is 2. The van der Waals surface area contributed by atoms with E-state index < -0.39 is 0 Å². The van der Waals surface area contributed by atoms with E-state index in [0.29, 0.717) is 34.6 Å².